The molecule has 0 bridgehead atoms. The lowest BCUT2D eigenvalue weighted by Gasteiger charge is -2.14. The molecule has 0 aliphatic carbocycles. The van der Waals surface area contributed by atoms with Crippen molar-refractivity contribution in [2.45, 2.75) is 26.1 Å². The smallest absolute Gasteiger partial charge is 0.393 e. The van der Waals surface area contributed by atoms with Gasteiger partial charge < -0.3 is 10.2 Å². The molecule has 1 aromatic heterocycles. The minimum absolute atomic E-state index is 0.133. The number of oxime groups is 1. The fraction of sp³-hybridized carbons (Fsp3) is 0.278. The number of nitrogens with one attached hydrogen (secondary N) is 1. The molecule has 10 heteroatoms. The van der Waals surface area contributed by atoms with E-state index in [2.05, 4.69) is 15.5 Å². The first-order valence-electron chi connectivity index (χ1n) is 8.08. The van der Waals surface area contributed by atoms with E-state index in [4.69, 9.17) is 28.0 Å². The van der Waals surface area contributed by atoms with Gasteiger partial charge in [-0.25, -0.2) is 0 Å². The van der Waals surface area contributed by atoms with Crippen LogP contribution in [0.1, 0.15) is 35.5 Å². The summed E-state index contributed by atoms with van der Waals surface area (Å²) in [6, 6.07) is 5.91. The second kappa shape index (κ2) is 9.25. The van der Waals surface area contributed by atoms with Gasteiger partial charge in [-0.05, 0) is 32.0 Å². The number of hydrogen-bond acceptors (Lipinski definition) is 4. The summed E-state index contributed by atoms with van der Waals surface area (Å²) in [5.74, 6) is -0.921. The quantitative estimate of drug-likeness (QED) is 0.516. The lowest BCUT2D eigenvalue weighted by atomic mass is 10.1. The number of pyridine rings is 1. The molecule has 2 aromatic rings. The monoisotopic (exact) mass is 433 g/mol. The van der Waals surface area contributed by atoms with E-state index in [1.165, 1.54) is 24.4 Å². The van der Waals surface area contributed by atoms with Crippen molar-refractivity contribution in [2.24, 2.45) is 5.16 Å². The second-order valence-electron chi connectivity index (χ2n) is 5.90. The molecular formula is C18H16Cl2F3N3O2. The lowest BCUT2D eigenvalue weighted by Crippen LogP contribution is -2.32. The number of benzene rings is 1. The number of alkyl halides is 3. The molecule has 28 heavy (non-hydrogen) atoms. The molecule has 1 aromatic carbocycles. The average molecular weight is 434 g/mol. The van der Waals surface area contributed by atoms with Crippen LogP contribution in [0.4, 0.5) is 13.2 Å². The first-order valence-corrected chi connectivity index (χ1v) is 8.83. The van der Waals surface area contributed by atoms with Crippen molar-refractivity contribution in [2.75, 3.05) is 6.54 Å². The molecule has 0 saturated heterocycles. The third-order valence-electron chi connectivity index (χ3n) is 3.35. The van der Waals surface area contributed by atoms with Crippen LogP contribution in [0.2, 0.25) is 10.0 Å². The van der Waals surface area contributed by atoms with Gasteiger partial charge in [0.25, 0.3) is 5.91 Å². The summed E-state index contributed by atoms with van der Waals surface area (Å²) in [5.41, 5.74) is -1.22. The molecule has 1 amide bonds. The highest BCUT2D eigenvalue weighted by Gasteiger charge is 2.34. The number of amides is 1. The average Bonchev–Trinajstić information content (AvgIpc) is 2.61. The van der Waals surface area contributed by atoms with E-state index in [1.54, 1.807) is 13.8 Å². The van der Waals surface area contributed by atoms with Gasteiger partial charge in [-0.2, -0.15) is 13.2 Å². The third-order valence-corrected chi connectivity index (χ3v) is 3.84. The predicted octanol–water partition coefficient (Wildman–Crippen LogP) is 4.97. The molecule has 1 heterocycles. The van der Waals surface area contributed by atoms with Gasteiger partial charge in [0.05, 0.1) is 27.7 Å². The Labute approximate surface area is 169 Å². The van der Waals surface area contributed by atoms with E-state index < -0.39 is 23.2 Å². The Morgan fingerprint density at radius 3 is 2.57 bits per heavy atom. The van der Waals surface area contributed by atoms with Gasteiger partial charge in [0, 0.05) is 6.20 Å². The molecular weight excluding hydrogens is 418 g/mol. The molecule has 1 N–H and O–H groups in total. The first-order chi connectivity index (χ1) is 13.1. The summed E-state index contributed by atoms with van der Waals surface area (Å²) >= 11 is 11.9. The van der Waals surface area contributed by atoms with Gasteiger partial charge in [-0.1, -0.05) is 40.5 Å². The van der Waals surface area contributed by atoms with Crippen LogP contribution in [0.15, 0.2) is 41.7 Å². The van der Waals surface area contributed by atoms with Crippen molar-refractivity contribution in [1.82, 2.24) is 10.3 Å². The van der Waals surface area contributed by atoms with Crippen molar-refractivity contribution in [1.29, 1.82) is 0 Å². The molecule has 0 fully saturated rings. The molecule has 0 radical (unpaired) electrons. The zero-order chi connectivity index (χ0) is 20.9. The van der Waals surface area contributed by atoms with Crippen molar-refractivity contribution in [3.05, 3.63) is 63.4 Å². The van der Waals surface area contributed by atoms with Crippen LogP contribution in [0.25, 0.3) is 0 Å². The van der Waals surface area contributed by atoms with E-state index in [9.17, 15) is 18.0 Å². The number of rotatable bonds is 6. The van der Waals surface area contributed by atoms with Gasteiger partial charge in [-0.3, -0.25) is 9.78 Å². The van der Waals surface area contributed by atoms with Crippen LogP contribution in [0.3, 0.4) is 0 Å². The minimum atomic E-state index is -4.66. The standard InChI is InChI=1S/C18H16Cl2F3N3O2/c1-10(2)28-26-15(16-14(20)7-11(19)8-24-16)9-25-17(27)12-5-3-4-6-13(12)18(21,22)23/h3-8,10H,9H2,1-2H3,(H,25,27)/b26-15+. The molecule has 5 nitrogen and oxygen atoms in total. The third kappa shape index (κ3) is 5.84. The van der Waals surface area contributed by atoms with Crippen LogP contribution < -0.4 is 5.32 Å². The fourth-order valence-corrected chi connectivity index (χ4v) is 2.63. The molecule has 0 unspecified atom stereocenters. The minimum Gasteiger partial charge on any atom is -0.393 e. The van der Waals surface area contributed by atoms with Crippen LogP contribution in [-0.4, -0.2) is 29.3 Å². The Bertz CT molecular complexity index is 887. The normalized spacial score (nSPS) is 12.2. The van der Waals surface area contributed by atoms with Crippen molar-refractivity contribution >= 4 is 34.8 Å². The maximum absolute atomic E-state index is 13.1. The molecule has 0 aliphatic rings. The maximum Gasteiger partial charge on any atom is 0.417 e. The molecule has 0 aliphatic heterocycles. The maximum atomic E-state index is 13.1. The van der Waals surface area contributed by atoms with E-state index in [1.807, 2.05) is 0 Å². The predicted molar refractivity (Wildman–Crippen MR) is 101 cm³/mol. The second-order valence-corrected chi connectivity index (χ2v) is 6.75. The Morgan fingerprint density at radius 2 is 1.96 bits per heavy atom. The van der Waals surface area contributed by atoms with Crippen molar-refractivity contribution < 1.29 is 22.8 Å². The summed E-state index contributed by atoms with van der Waals surface area (Å²) in [6.07, 6.45) is -3.61. The zero-order valence-corrected chi connectivity index (χ0v) is 16.4. The van der Waals surface area contributed by atoms with Gasteiger partial charge in [0.1, 0.15) is 17.5 Å². The Morgan fingerprint density at radius 1 is 1.29 bits per heavy atom. The van der Waals surface area contributed by atoms with E-state index >= 15 is 0 Å². The summed E-state index contributed by atoms with van der Waals surface area (Å²) in [5, 5.41) is 6.75. The highest BCUT2D eigenvalue weighted by molar-refractivity contribution is 6.36. The van der Waals surface area contributed by atoms with E-state index in [-0.39, 0.29) is 29.1 Å². The topological polar surface area (TPSA) is 63.6 Å². The van der Waals surface area contributed by atoms with Crippen LogP contribution >= 0.6 is 23.2 Å². The molecule has 2 rings (SSSR count). The van der Waals surface area contributed by atoms with Gasteiger partial charge >= 0.3 is 6.18 Å². The van der Waals surface area contributed by atoms with E-state index in [0.717, 1.165) is 12.1 Å². The summed E-state index contributed by atoms with van der Waals surface area (Å²) in [7, 11) is 0. The van der Waals surface area contributed by atoms with Crippen molar-refractivity contribution in [3.63, 3.8) is 0 Å². The molecule has 0 atom stereocenters. The Hall–Kier alpha value is -2.32. The number of hydrogen-bond donors (Lipinski definition) is 1. The van der Waals surface area contributed by atoms with Gasteiger partial charge in [0.2, 0.25) is 0 Å². The van der Waals surface area contributed by atoms with E-state index in [0.29, 0.717) is 5.02 Å². The van der Waals surface area contributed by atoms with Gasteiger partial charge in [0.15, 0.2) is 0 Å². The summed E-state index contributed by atoms with van der Waals surface area (Å²) in [6.45, 7) is 3.21. The number of nitrogens with zero attached hydrogens (tertiary/aromatic N) is 2. The van der Waals surface area contributed by atoms with Crippen molar-refractivity contribution in [3.8, 4) is 0 Å². The Kier molecular flexibility index (Phi) is 7.26. The van der Waals surface area contributed by atoms with Crippen LogP contribution in [0.5, 0.6) is 0 Å². The number of carbonyl (C=O) groups excluding carboxylic acids is 1. The first kappa shape index (κ1) is 22.0. The lowest BCUT2D eigenvalue weighted by molar-refractivity contribution is -0.137. The zero-order valence-electron chi connectivity index (χ0n) is 14.8. The van der Waals surface area contributed by atoms with Crippen LogP contribution in [-0.2, 0) is 11.0 Å². The fourth-order valence-electron chi connectivity index (χ4n) is 2.14. The summed E-state index contributed by atoms with van der Waals surface area (Å²) in [4.78, 5) is 21.6. The largest absolute Gasteiger partial charge is 0.417 e. The number of aromatic nitrogens is 1. The SMILES string of the molecule is CC(C)O/N=C(\CNC(=O)c1ccccc1C(F)(F)F)c1ncc(Cl)cc1Cl. The number of carbonyl (C=O) groups is 1. The summed E-state index contributed by atoms with van der Waals surface area (Å²) < 4.78 is 39.3. The Balaban J connectivity index is 2.27. The molecule has 150 valence electrons. The molecule has 0 spiro atoms. The highest BCUT2D eigenvalue weighted by Crippen LogP contribution is 2.31. The highest BCUT2D eigenvalue weighted by atomic mass is 35.5. The van der Waals surface area contributed by atoms with Gasteiger partial charge in [-0.15, -0.1) is 0 Å². The molecule has 0 saturated carbocycles. The number of halogens is 5. The van der Waals surface area contributed by atoms with Crippen LogP contribution in [0, 0.1) is 0 Å².